The van der Waals surface area contributed by atoms with E-state index in [0.29, 0.717) is 12.0 Å². The summed E-state index contributed by atoms with van der Waals surface area (Å²) in [6.07, 6.45) is 0.639. The number of hydrogen-bond donors (Lipinski definition) is 2. The molecule has 0 aromatic carbocycles. The Hall–Kier alpha value is -1.32. The van der Waals surface area contributed by atoms with Crippen LogP contribution < -0.4 is 11.2 Å². The van der Waals surface area contributed by atoms with Gasteiger partial charge in [-0.25, -0.2) is 4.79 Å². The van der Waals surface area contributed by atoms with Gasteiger partial charge in [-0.2, -0.15) is 0 Å². The van der Waals surface area contributed by atoms with Crippen molar-refractivity contribution in [3.63, 3.8) is 0 Å². The van der Waals surface area contributed by atoms with Gasteiger partial charge in [0.25, 0.3) is 5.56 Å². The number of aromatic amines is 2. The Morgan fingerprint density at radius 1 is 1.23 bits per heavy atom. The third kappa shape index (κ3) is 1.88. The number of nitrogens with one attached hydrogen (secondary N) is 2. The molecule has 0 spiro atoms. The van der Waals surface area contributed by atoms with Gasteiger partial charge >= 0.3 is 5.69 Å². The van der Waals surface area contributed by atoms with E-state index in [2.05, 4.69) is 9.97 Å². The van der Waals surface area contributed by atoms with E-state index in [4.69, 9.17) is 0 Å². The number of rotatable bonds is 2. The largest absolute Gasteiger partial charge is 0.325 e. The first-order chi connectivity index (χ1) is 6.06. The maximum atomic E-state index is 11.3. The zero-order valence-corrected chi connectivity index (χ0v) is 8.10. The molecule has 1 heterocycles. The average Bonchev–Trinajstić information content (AvgIpc) is 2.02. The zero-order chi connectivity index (χ0) is 10.0. The van der Waals surface area contributed by atoms with Gasteiger partial charge in [-0.05, 0) is 12.3 Å². The Balaban J connectivity index is 3.48. The maximum Gasteiger partial charge on any atom is 0.325 e. The van der Waals surface area contributed by atoms with Crippen molar-refractivity contribution in [2.45, 2.75) is 33.1 Å². The van der Waals surface area contributed by atoms with Crippen LogP contribution in [0.15, 0.2) is 9.59 Å². The molecular weight excluding hydrogens is 168 g/mol. The highest BCUT2D eigenvalue weighted by Gasteiger charge is 2.09. The van der Waals surface area contributed by atoms with Crippen molar-refractivity contribution in [3.05, 3.63) is 32.1 Å². The van der Waals surface area contributed by atoms with Crippen molar-refractivity contribution in [1.29, 1.82) is 0 Å². The molecular formula is C9H14N2O2. The van der Waals surface area contributed by atoms with Crippen molar-refractivity contribution >= 4 is 0 Å². The van der Waals surface area contributed by atoms with E-state index in [9.17, 15) is 9.59 Å². The smallest absolute Gasteiger partial charge is 0.311 e. The summed E-state index contributed by atoms with van der Waals surface area (Å²) >= 11 is 0. The first kappa shape index (κ1) is 9.77. The molecule has 2 N–H and O–H groups in total. The summed E-state index contributed by atoms with van der Waals surface area (Å²) in [5.74, 6) is 0.171. The van der Waals surface area contributed by atoms with E-state index in [1.54, 1.807) is 0 Å². The van der Waals surface area contributed by atoms with Gasteiger partial charge < -0.3 is 4.98 Å². The first-order valence-electron chi connectivity index (χ1n) is 4.41. The second-order valence-corrected chi connectivity index (χ2v) is 3.31. The number of hydrogen-bond acceptors (Lipinski definition) is 2. The first-order valence-corrected chi connectivity index (χ1v) is 4.41. The molecule has 0 aliphatic heterocycles. The summed E-state index contributed by atoms with van der Waals surface area (Å²) in [6.45, 7) is 5.79. The predicted octanol–water partition coefficient (Wildman–Crippen LogP) is 0.749. The molecule has 1 aromatic heterocycles. The van der Waals surface area contributed by atoms with E-state index in [-0.39, 0.29) is 11.5 Å². The quantitative estimate of drug-likeness (QED) is 0.708. The molecule has 0 bridgehead atoms. The highest BCUT2D eigenvalue weighted by molar-refractivity contribution is 5.18. The molecule has 0 unspecified atom stereocenters. The predicted molar refractivity (Wildman–Crippen MR) is 51.2 cm³/mol. The van der Waals surface area contributed by atoms with E-state index in [0.717, 1.165) is 5.69 Å². The van der Waals surface area contributed by atoms with E-state index < -0.39 is 5.69 Å². The van der Waals surface area contributed by atoms with Gasteiger partial charge in [0.1, 0.15) is 0 Å². The molecule has 0 saturated heterocycles. The fourth-order valence-corrected chi connectivity index (χ4v) is 1.37. The molecule has 0 radical (unpaired) electrons. The standard InChI is InChI=1S/C9H14N2O2/c1-4-6-7(5(2)3)10-9(13)11-8(6)12/h5H,4H2,1-3H3,(H2,10,11,12,13). The topological polar surface area (TPSA) is 65.7 Å². The maximum absolute atomic E-state index is 11.3. The molecule has 0 amide bonds. The molecule has 1 rings (SSSR count). The van der Waals surface area contributed by atoms with Crippen LogP contribution in [0.1, 0.15) is 37.9 Å². The van der Waals surface area contributed by atoms with Gasteiger partial charge in [-0.3, -0.25) is 9.78 Å². The second-order valence-electron chi connectivity index (χ2n) is 3.31. The van der Waals surface area contributed by atoms with Crippen LogP contribution in [0.3, 0.4) is 0 Å². The SMILES string of the molecule is CCc1c(C(C)C)[nH]c(=O)[nH]c1=O. The lowest BCUT2D eigenvalue weighted by Gasteiger charge is -2.08. The molecule has 0 aliphatic rings. The van der Waals surface area contributed by atoms with Crippen LogP contribution in [-0.2, 0) is 6.42 Å². The third-order valence-corrected chi connectivity index (χ3v) is 2.01. The third-order valence-electron chi connectivity index (χ3n) is 2.01. The molecule has 13 heavy (non-hydrogen) atoms. The zero-order valence-electron chi connectivity index (χ0n) is 8.10. The van der Waals surface area contributed by atoms with E-state index in [1.807, 2.05) is 20.8 Å². The molecule has 0 atom stereocenters. The van der Waals surface area contributed by atoms with Crippen LogP contribution in [0.25, 0.3) is 0 Å². The fraction of sp³-hybridized carbons (Fsp3) is 0.556. The van der Waals surface area contributed by atoms with Crippen molar-refractivity contribution < 1.29 is 0 Å². The Morgan fingerprint density at radius 2 is 1.85 bits per heavy atom. The second kappa shape index (κ2) is 3.60. The molecule has 1 aromatic rings. The van der Waals surface area contributed by atoms with Crippen LogP contribution in [0.5, 0.6) is 0 Å². The highest BCUT2D eigenvalue weighted by atomic mass is 16.2. The summed E-state index contributed by atoms with van der Waals surface area (Å²) < 4.78 is 0. The number of H-pyrrole nitrogens is 2. The molecule has 0 aliphatic carbocycles. The highest BCUT2D eigenvalue weighted by Crippen LogP contribution is 2.11. The van der Waals surface area contributed by atoms with Crippen molar-refractivity contribution in [3.8, 4) is 0 Å². The van der Waals surface area contributed by atoms with Crippen LogP contribution in [0.2, 0.25) is 0 Å². The normalized spacial score (nSPS) is 10.8. The van der Waals surface area contributed by atoms with Crippen molar-refractivity contribution in [2.75, 3.05) is 0 Å². The molecule has 0 fully saturated rings. The van der Waals surface area contributed by atoms with Crippen LogP contribution in [0, 0.1) is 0 Å². The van der Waals surface area contributed by atoms with Gasteiger partial charge in [0, 0.05) is 11.3 Å². The van der Waals surface area contributed by atoms with Crippen molar-refractivity contribution in [2.24, 2.45) is 0 Å². The van der Waals surface area contributed by atoms with Gasteiger partial charge in [0.15, 0.2) is 0 Å². The molecule has 0 saturated carbocycles. The minimum atomic E-state index is -0.425. The minimum Gasteiger partial charge on any atom is -0.311 e. The summed E-state index contributed by atoms with van der Waals surface area (Å²) in [5.41, 5.74) is 0.728. The van der Waals surface area contributed by atoms with Crippen molar-refractivity contribution in [1.82, 2.24) is 9.97 Å². The fourth-order valence-electron chi connectivity index (χ4n) is 1.37. The summed E-state index contributed by atoms with van der Waals surface area (Å²) in [6, 6.07) is 0. The van der Waals surface area contributed by atoms with Gasteiger partial charge in [-0.1, -0.05) is 20.8 Å². The van der Waals surface area contributed by atoms with Gasteiger partial charge in [-0.15, -0.1) is 0 Å². The van der Waals surface area contributed by atoms with Gasteiger partial charge in [0.2, 0.25) is 0 Å². The summed E-state index contributed by atoms with van der Waals surface area (Å²) in [5, 5.41) is 0. The molecule has 72 valence electrons. The summed E-state index contributed by atoms with van der Waals surface area (Å²) in [4.78, 5) is 27.2. The number of aromatic nitrogens is 2. The Bertz CT molecular complexity index is 401. The molecule has 4 nitrogen and oxygen atoms in total. The lowest BCUT2D eigenvalue weighted by molar-refractivity contribution is 0.767. The van der Waals surface area contributed by atoms with E-state index >= 15 is 0 Å². The minimum absolute atomic E-state index is 0.171. The Kier molecular flexibility index (Phi) is 2.70. The lowest BCUT2D eigenvalue weighted by Crippen LogP contribution is -2.28. The Labute approximate surface area is 76.0 Å². The lowest BCUT2D eigenvalue weighted by atomic mass is 10.0. The average molecular weight is 182 g/mol. The van der Waals surface area contributed by atoms with Crippen LogP contribution >= 0.6 is 0 Å². The van der Waals surface area contributed by atoms with Crippen LogP contribution in [-0.4, -0.2) is 9.97 Å². The molecule has 4 heteroatoms. The van der Waals surface area contributed by atoms with Gasteiger partial charge in [0.05, 0.1) is 0 Å². The Morgan fingerprint density at radius 3 is 2.31 bits per heavy atom. The van der Waals surface area contributed by atoms with Crippen LogP contribution in [0.4, 0.5) is 0 Å². The monoisotopic (exact) mass is 182 g/mol. The summed E-state index contributed by atoms with van der Waals surface area (Å²) in [7, 11) is 0. The van der Waals surface area contributed by atoms with E-state index in [1.165, 1.54) is 0 Å².